The fourth-order valence-electron chi connectivity index (χ4n) is 2.76. The molecule has 0 fully saturated rings. The van der Waals surface area contributed by atoms with Crippen LogP contribution in [0.1, 0.15) is 10.4 Å². The maximum Gasteiger partial charge on any atom is 0.338 e. The number of fused-ring (bicyclic) bond motifs is 2. The molecule has 1 N–H and O–H groups in total. The molecule has 1 aliphatic heterocycles. The number of ether oxygens (including phenoxy) is 3. The van der Waals surface area contributed by atoms with Gasteiger partial charge in [0.25, 0.3) is 5.91 Å². The monoisotopic (exact) mass is 349 g/mol. The molecule has 1 aliphatic rings. The van der Waals surface area contributed by atoms with Gasteiger partial charge in [-0.25, -0.2) is 4.79 Å². The Morgan fingerprint density at radius 1 is 0.962 bits per heavy atom. The fourth-order valence-corrected chi connectivity index (χ4v) is 2.76. The van der Waals surface area contributed by atoms with Gasteiger partial charge in [-0.05, 0) is 29.7 Å². The van der Waals surface area contributed by atoms with Crippen LogP contribution in [0.5, 0.6) is 11.5 Å². The lowest BCUT2D eigenvalue weighted by molar-refractivity contribution is -0.119. The third-order valence-corrected chi connectivity index (χ3v) is 4.01. The lowest BCUT2D eigenvalue weighted by Crippen LogP contribution is -2.21. The minimum Gasteiger partial charge on any atom is -0.454 e. The Morgan fingerprint density at radius 3 is 2.69 bits per heavy atom. The van der Waals surface area contributed by atoms with E-state index in [2.05, 4.69) is 5.32 Å². The van der Waals surface area contributed by atoms with Crippen LogP contribution in [0, 0.1) is 0 Å². The van der Waals surface area contributed by atoms with Crippen LogP contribution >= 0.6 is 0 Å². The summed E-state index contributed by atoms with van der Waals surface area (Å²) in [6, 6.07) is 18.1. The van der Waals surface area contributed by atoms with E-state index < -0.39 is 11.9 Å². The molecule has 1 amide bonds. The summed E-state index contributed by atoms with van der Waals surface area (Å²) < 4.78 is 15.5. The molecule has 0 bridgehead atoms. The number of carbonyl (C=O) groups is 2. The van der Waals surface area contributed by atoms with E-state index in [1.54, 1.807) is 18.2 Å². The molecular weight excluding hydrogens is 334 g/mol. The Kier molecular flexibility index (Phi) is 4.15. The van der Waals surface area contributed by atoms with Crippen molar-refractivity contribution in [1.82, 2.24) is 0 Å². The van der Waals surface area contributed by atoms with Crippen LogP contribution in [0.4, 0.5) is 5.69 Å². The van der Waals surface area contributed by atoms with E-state index in [1.165, 1.54) is 6.07 Å². The molecular formula is C20H15NO5. The van der Waals surface area contributed by atoms with Crippen molar-refractivity contribution in [1.29, 1.82) is 0 Å². The van der Waals surface area contributed by atoms with Gasteiger partial charge in [0.05, 0.1) is 5.56 Å². The number of benzene rings is 3. The fraction of sp³-hybridized carbons (Fsp3) is 0.100. The molecule has 26 heavy (non-hydrogen) atoms. The van der Waals surface area contributed by atoms with Crippen molar-refractivity contribution >= 4 is 28.3 Å². The molecule has 3 aromatic rings. The molecule has 1 heterocycles. The molecule has 0 radical (unpaired) electrons. The van der Waals surface area contributed by atoms with Crippen molar-refractivity contribution in [2.24, 2.45) is 0 Å². The molecule has 0 aromatic heterocycles. The predicted molar refractivity (Wildman–Crippen MR) is 95.4 cm³/mol. The zero-order valence-electron chi connectivity index (χ0n) is 13.7. The van der Waals surface area contributed by atoms with Crippen molar-refractivity contribution in [2.45, 2.75) is 0 Å². The van der Waals surface area contributed by atoms with Crippen LogP contribution in [0.3, 0.4) is 0 Å². The number of hydrogen-bond acceptors (Lipinski definition) is 5. The summed E-state index contributed by atoms with van der Waals surface area (Å²) in [4.78, 5) is 24.3. The third-order valence-electron chi connectivity index (χ3n) is 4.01. The van der Waals surface area contributed by atoms with Crippen LogP contribution in [-0.2, 0) is 9.53 Å². The topological polar surface area (TPSA) is 73.9 Å². The molecule has 6 nitrogen and oxygen atoms in total. The lowest BCUT2D eigenvalue weighted by atomic mass is 10.1. The second-order valence-electron chi connectivity index (χ2n) is 5.72. The van der Waals surface area contributed by atoms with Crippen molar-refractivity contribution in [3.8, 4) is 11.5 Å². The first-order chi connectivity index (χ1) is 12.7. The maximum atomic E-state index is 12.1. The number of anilines is 1. The van der Waals surface area contributed by atoms with Gasteiger partial charge in [0.2, 0.25) is 6.79 Å². The molecule has 3 aromatic carbocycles. The van der Waals surface area contributed by atoms with E-state index >= 15 is 0 Å². The molecule has 0 spiro atoms. The Morgan fingerprint density at radius 2 is 1.77 bits per heavy atom. The van der Waals surface area contributed by atoms with Gasteiger partial charge in [-0.3, -0.25) is 4.79 Å². The van der Waals surface area contributed by atoms with E-state index in [9.17, 15) is 9.59 Å². The first-order valence-electron chi connectivity index (χ1n) is 8.05. The number of esters is 1. The predicted octanol–water partition coefficient (Wildman–Crippen LogP) is 3.36. The average molecular weight is 349 g/mol. The molecule has 4 rings (SSSR count). The van der Waals surface area contributed by atoms with Crippen molar-refractivity contribution < 1.29 is 23.8 Å². The summed E-state index contributed by atoms with van der Waals surface area (Å²) in [6.45, 7) is -0.252. The van der Waals surface area contributed by atoms with E-state index in [1.807, 2.05) is 36.4 Å². The number of nitrogens with one attached hydrogen (secondary N) is 1. The highest BCUT2D eigenvalue weighted by molar-refractivity contribution is 6.03. The maximum absolute atomic E-state index is 12.1. The summed E-state index contributed by atoms with van der Waals surface area (Å²) in [6.07, 6.45) is 0. The van der Waals surface area contributed by atoms with Gasteiger partial charge in [0, 0.05) is 11.1 Å². The van der Waals surface area contributed by atoms with E-state index in [0.717, 1.165) is 10.8 Å². The Labute approximate surface area is 149 Å². The van der Waals surface area contributed by atoms with Gasteiger partial charge in [-0.1, -0.05) is 36.4 Å². The molecule has 0 saturated carbocycles. The Bertz CT molecular complexity index is 993. The van der Waals surface area contributed by atoms with Gasteiger partial charge < -0.3 is 19.5 Å². The van der Waals surface area contributed by atoms with Crippen LogP contribution in [-0.4, -0.2) is 25.3 Å². The van der Waals surface area contributed by atoms with Crippen LogP contribution in [0.2, 0.25) is 0 Å². The highest BCUT2D eigenvalue weighted by atomic mass is 16.7. The summed E-state index contributed by atoms with van der Waals surface area (Å²) >= 11 is 0. The number of rotatable bonds is 4. The van der Waals surface area contributed by atoms with Crippen LogP contribution in [0.25, 0.3) is 10.8 Å². The second kappa shape index (κ2) is 6.76. The van der Waals surface area contributed by atoms with Crippen LogP contribution < -0.4 is 14.8 Å². The summed E-state index contributed by atoms with van der Waals surface area (Å²) in [5.74, 6) is 0.0571. The first kappa shape index (κ1) is 16.0. The number of amides is 1. The summed E-state index contributed by atoms with van der Waals surface area (Å²) in [7, 11) is 0. The number of hydrogen-bond donors (Lipinski definition) is 1. The van der Waals surface area contributed by atoms with E-state index in [-0.39, 0.29) is 13.4 Å². The third kappa shape index (κ3) is 3.17. The summed E-state index contributed by atoms with van der Waals surface area (Å²) in [5.41, 5.74) is 0.972. The van der Waals surface area contributed by atoms with E-state index in [4.69, 9.17) is 14.2 Å². The zero-order valence-corrected chi connectivity index (χ0v) is 13.7. The molecule has 0 atom stereocenters. The van der Waals surface area contributed by atoms with Gasteiger partial charge in [-0.15, -0.1) is 0 Å². The molecule has 0 saturated heterocycles. The Hall–Kier alpha value is -3.54. The minimum absolute atomic E-state index is 0.126. The highest BCUT2D eigenvalue weighted by Crippen LogP contribution is 2.32. The smallest absolute Gasteiger partial charge is 0.338 e. The van der Waals surface area contributed by atoms with Crippen molar-refractivity contribution in [3.05, 3.63) is 66.2 Å². The van der Waals surface area contributed by atoms with Crippen molar-refractivity contribution in [2.75, 3.05) is 18.7 Å². The van der Waals surface area contributed by atoms with Gasteiger partial charge in [0.15, 0.2) is 18.1 Å². The van der Waals surface area contributed by atoms with Crippen molar-refractivity contribution in [3.63, 3.8) is 0 Å². The second-order valence-corrected chi connectivity index (χ2v) is 5.72. The number of carbonyl (C=O) groups excluding carboxylic acids is 2. The van der Waals surface area contributed by atoms with Crippen LogP contribution in [0.15, 0.2) is 60.7 Å². The minimum atomic E-state index is -0.601. The Balaban J connectivity index is 1.40. The highest BCUT2D eigenvalue weighted by Gasteiger charge is 2.17. The first-order valence-corrected chi connectivity index (χ1v) is 8.05. The standard InChI is InChI=1S/C20H15NO5/c22-19(21-16-7-3-5-13-4-1-2-6-15(13)16)11-24-20(23)14-8-9-17-18(10-14)26-12-25-17/h1-10H,11-12H2,(H,21,22). The zero-order chi connectivity index (χ0) is 17.9. The largest absolute Gasteiger partial charge is 0.454 e. The molecule has 0 unspecified atom stereocenters. The van der Waals surface area contributed by atoms with E-state index in [0.29, 0.717) is 22.7 Å². The normalized spacial score (nSPS) is 12.0. The molecule has 0 aliphatic carbocycles. The average Bonchev–Trinajstić information content (AvgIpc) is 3.14. The SMILES string of the molecule is O=C(COC(=O)c1ccc2c(c1)OCO2)Nc1cccc2ccccc12. The quantitative estimate of drug-likeness (QED) is 0.731. The summed E-state index contributed by atoms with van der Waals surface area (Å²) in [5, 5.41) is 4.71. The molecule has 130 valence electrons. The van der Waals surface area contributed by atoms with Gasteiger partial charge >= 0.3 is 5.97 Å². The van der Waals surface area contributed by atoms with Gasteiger partial charge in [-0.2, -0.15) is 0 Å². The molecule has 6 heteroatoms. The lowest BCUT2D eigenvalue weighted by Gasteiger charge is -2.09. The van der Waals surface area contributed by atoms with Gasteiger partial charge in [0.1, 0.15) is 0 Å².